The highest BCUT2D eigenvalue weighted by molar-refractivity contribution is 6.05. The third-order valence-electron chi connectivity index (χ3n) is 4.07. The van der Waals surface area contributed by atoms with E-state index in [1.165, 1.54) is 0 Å². The Morgan fingerprint density at radius 1 is 1.25 bits per heavy atom. The van der Waals surface area contributed by atoms with Gasteiger partial charge in [-0.3, -0.25) is 9.48 Å². The summed E-state index contributed by atoms with van der Waals surface area (Å²) in [6.07, 6.45) is 3.21. The van der Waals surface area contributed by atoms with Gasteiger partial charge in [0.2, 0.25) is 0 Å². The molecule has 0 fully saturated rings. The van der Waals surface area contributed by atoms with E-state index in [9.17, 15) is 14.7 Å². The van der Waals surface area contributed by atoms with Crippen LogP contribution in [-0.4, -0.2) is 32.8 Å². The first kappa shape index (κ1) is 18.0. The van der Waals surface area contributed by atoms with Gasteiger partial charge in [0.05, 0.1) is 5.52 Å². The number of aliphatic carboxylic acids is 1. The van der Waals surface area contributed by atoms with Crippen molar-refractivity contribution in [1.29, 1.82) is 0 Å². The van der Waals surface area contributed by atoms with Crippen LogP contribution in [0.25, 0.3) is 10.9 Å². The summed E-state index contributed by atoms with van der Waals surface area (Å²) in [7, 11) is 0. The molecule has 0 aliphatic heterocycles. The molecule has 2 N–H and O–H groups in total. The SMILES string of the molecule is CCCCCn1nc(C(=O)N[C@@H](C(=O)O)C(C)C)c2ccccc21. The first-order valence-electron chi connectivity index (χ1n) is 8.45. The molecule has 0 saturated carbocycles. The zero-order valence-electron chi connectivity index (χ0n) is 14.5. The van der Waals surface area contributed by atoms with Crippen LogP contribution in [0.3, 0.4) is 0 Å². The fourth-order valence-corrected chi connectivity index (χ4v) is 2.70. The second-order valence-corrected chi connectivity index (χ2v) is 6.33. The van der Waals surface area contributed by atoms with E-state index in [1.807, 2.05) is 28.9 Å². The summed E-state index contributed by atoms with van der Waals surface area (Å²) in [5, 5.41) is 17.0. The van der Waals surface area contributed by atoms with Crippen molar-refractivity contribution in [2.75, 3.05) is 0 Å². The molecular weight excluding hydrogens is 306 g/mol. The molecule has 1 amide bonds. The molecule has 24 heavy (non-hydrogen) atoms. The van der Waals surface area contributed by atoms with E-state index < -0.39 is 17.9 Å². The maximum Gasteiger partial charge on any atom is 0.326 e. The van der Waals surface area contributed by atoms with E-state index in [1.54, 1.807) is 13.8 Å². The summed E-state index contributed by atoms with van der Waals surface area (Å²) >= 11 is 0. The van der Waals surface area contributed by atoms with Crippen LogP contribution in [0.15, 0.2) is 24.3 Å². The number of carboxylic acid groups (broad SMARTS) is 1. The fraction of sp³-hybridized carbons (Fsp3) is 0.500. The standard InChI is InChI=1S/C18H25N3O3/c1-4-5-8-11-21-14-10-7-6-9-13(14)16(20-21)17(22)19-15(12(2)3)18(23)24/h6-7,9-10,12,15H,4-5,8,11H2,1-3H3,(H,19,22)(H,23,24)/t15-/m1/s1. The van der Waals surface area contributed by atoms with Crippen molar-refractivity contribution in [3.05, 3.63) is 30.0 Å². The van der Waals surface area contributed by atoms with Gasteiger partial charge in [-0.05, 0) is 18.4 Å². The lowest BCUT2D eigenvalue weighted by atomic mass is 10.0. The third kappa shape index (κ3) is 3.93. The molecule has 2 aromatic rings. The number of carbonyl (C=O) groups is 2. The molecule has 1 atom stereocenters. The normalized spacial score (nSPS) is 12.5. The number of aryl methyl sites for hydroxylation is 1. The van der Waals surface area contributed by atoms with Crippen molar-refractivity contribution >= 4 is 22.8 Å². The second-order valence-electron chi connectivity index (χ2n) is 6.33. The summed E-state index contributed by atoms with van der Waals surface area (Å²) < 4.78 is 1.84. The molecule has 0 aliphatic rings. The molecular formula is C18H25N3O3. The van der Waals surface area contributed by atoms with Gasteiger partial charge in [0.25, 0.3) is 5.91 Å². The molecule has 0 aliphatic carbocycles. The predicted octanol–water partition coefficient (Wildman–Crippen LogP) is 3.07. The van der Waals surface area contributed by atoms with E-state index in [0.29, 0.717) is 0 Å². The quantitative estimate of drug-likeness (QED) is 0.728. The first-order chi connectivity index (χ1) is 11.5. The largest absolute Gasteiger partial charge is 0.480 e. The molecule has 6 nitrogen and oxygen atoms in total. The Bertz CT molecular complexity index is 721. The van der Waals surface area contributed by atoms with E-state index in [-0.39, 0.29) is 11.6 Å². The molecule has 0 bridgehead atoms. The number of fused-ring (bicyclic) bond motifs is 1. The van der Waals surface area contributed by atoms with Crippen molar-refractivity contribution in [2.45, 2.75) is 52.6 Å². The lowest BCUT2D eigenvalue weighted by molar-refractivity contribution is -0.140. The topological polar surface area (TPSA) is 84.2 Å². The Balaban J connectivity index is 2.30. The molecule has 0 radical (unpaired) electrons. The average molecular weight is 331 g/mol. The van der Waals surface area contributed by atoms with E-state index in [4.69, 9.17) is 0 Å². The average Bonchev–Trinajstić information content (AvgIpc) is 2.91. The van der Waals surface area contributed by atoms with Crippen molar-refractivity contribution in [1.82, 2.24) is 15.1 Å². The lowest BCUT2D eigenvalue weighted by Gasteiger charge is -2.17. The number of amides is 1. The molecule has 2 rings (SSSR count). The summed E-state index contributed by atoms with van der Waals surface area (Å²) in [6.45, 7) is 6.41. The number of unbranched alkanes of at least 4 members (excludes halogenated alkanes) is 2. The van der Waals surface area contributed by atoms with Crippen molar-refractivity contribution in [3.63, 3.8) is 0 Å². The number of carbonyl (C=O) groups excluding carboxylic acids is 1. The van der Waals surface area contributed by atoms with Gasteiger partial charge in [-0.2, -0.15) is 5.10 Å². The number of nitrogens with zero attached hydrogens (tertiary/aromatic N) is 2. The predicted molar refractivity (Wildman–Crippen MR) is 93.0 cm³/mol. The number of nitrogens with one attached hydrogen (secondary N) is 1. The van der Waals surface area contributed by atoms with E-state index in [2.05, 4.69) is 17.3 Å². The molecule has 1 aromatic carbocycles. The van der Waals surface area contributed by atoms with Crippen molar-refractivity contribution in [3.8, 4) is 0 Å². The van der Waals surface area contributed by atoms with Crippen LogP contribution in [0, 0.1) is 5.92 Å². The van der Waals surface area contributed by atoms with Crippen LogP contribution in [-0.2, 0) is 11.3 Å². The molecule has 1 heterocycles. The minimum absolute atomic E-state index is 0.204. The smallest absolute Gasteiger partial charge is 0.326 e. The minimum Gasteiger partial charge on any atom is -0.480 e. The van der Waals surface area contributed by atoms with Gasteiger partial charge in [0.15, 0.2) is 5.69 Å². The molecule has 0 spiro atoms. The first-order valence-corrected chi connectivity index (χ1v) is 8.45. The van der Waals surface area contributed by atoms with Crippen molar-refractivity contribution in [2.24, 2.45) is 5.92 Å². The Kier molecular flexibility index (Phi) is 5.95. The number of rotatable bonds is 8. The summed E-state index contributed by atoms with van der Waals surface area (Å²) in [5.41, 5.74) is 1.18. The molecule has 130 valence electrons. The van der Waals surface area contributed by atoms with Gasteiger partial charge >= 0.3 is 5.97 Å². The third-order valence-corrected chi connectivity index (χ3v) is 4.07. The highest BCUT2D eigenvalue weighted by atomic mass is 16.4. The lowest BCUT2D eigenvalue weighted by Crippen LogP contribution is -2.44. The maximum atomic E-state index is 12.6. The Labute approximate surface area is 141 Å². The highest BCUT2D eigenvalue weighted by Gasteiger charge is 2.26. The monoisotopic (exact) mass is 331 g/mol. The van der Waals surface area contributed by atoms with Gasteiger partial charge in [-0.25, -0.2) is 4.79 Å². The molecule has 6 heteroatoms. The van der Waals surface area contributed by atoms with Gasteiger partial charge in [-0.15, -0.1) is 0 Å². The zero-order valence-corrected chi connectivity index (χ0v) is 14.5. The number of benzene rings is 1. The van der Waals surface area contributed by atoms with Gasteiger partial charge in [0, 0.05) is 11.9 Å². The number of aromatic nitrogens is 2. The maximum absolute atomic E-state index is 12.6. The highest BCUT2D eigenvalue weighted by Crippen LogP contribution is 2.19. The van der Waals surface area contributed by atoms with Crippen LogP contribution in [0.1, 0.15) is 50.5 Å². The van der Waals surface area contributed by atoms with Crippen molar-refractivity contribution < 1.29 is 14.7 Å². The molecule has 0 saturated heterocycles. The van der Waals surface area contributed by atoms with Gasteiger partial charge in [-0.1, -0.05) is 51.8 Å². The van der Waals surface area contributed by atoms with Gasteiger partial charge < -0.3 is 10.4 Å². The summed E-state index contributed by atoms with van der Waals surface area (Å²) in [5.74, 6) is -1.68. The summed E-state index contributed by atoms with van der Waals surface area (Å²) in [6, 6.07) is 6.62. The Hall–Kier alpha value is -2.37. The van der Waals surface area contributed by atoms with Crippen LogP contribution in [0.5, 0.6) is 0 Å². The van der Waals surface area contributed by atoms with Gasteiger partial charge in [0.1, 0.15) is 6.04 Å². The number of hydrogen-bond donors (Lipinski definition) is 2. The fourth-order valence-electron chi connectivity index (χ4n) is 2.70. The molecule has 0 unspecified atom stereocenters. The summed E-state index contributed by atoms with van der Waals surface area (Å²) in [4.78, 5) is 23.9. The van der Waals surface area contributed by atoms with Crippen LogP contribution in [0.4, 0.5) is 0 Å². The van der Waals surface area contributed by atoms with Crippen LogP contribution >= 0.6 is 0 Å². The second kappa shape index (κ2) is 7.95. The minimum atomic E-state index is -1.04. The van der Waals surface area contributed by atoms with E-state index >= 15 is 0 Å². The number of hydrogen-bond acceptors (Lipinski definition) is 3. The Morgan fingerprint density at radius 2 is 1.96 bits per heavy atom. The molecule has 1 aromatic heterocycles. The van der Waals surface area contributed by atoms with Crippen LogP contribution in [0.2, 0.25) is 0 Å². The number of para-hydroxylation sites is 1. The Morgan fingerprint density at radius 3 is 2.58 bits per heavy atom. The zero-order chi connectivity index (χ0) is 17.7. The van der Waals surface area contributed by atoms with E-state index in [0.717, 1.165) is 36.7 Å². The number of carboxylic acids is 1. The van der Waals surface area contributed by atoms with Crippen LogP contribution < -0.4 is 5.32 Å².